The second-order valence-electron chi connectivity index (χ2n) is 3.45. The monoisotopic (exact) mass is 228 g/mol. The second kappa shape index (κ2) is 5.00. The maximum absolute atomic E-state index is 11.4. The van der Waals surface area contributed by atoms with Crippen LogP contribution in [0.2, 0.25) is 5.02 Å². The lowest BCUT2D eigenvalue weighted by Crippen LogP contribution is -2.27. The fraction of sp³-hybridized carbons (Fsp3) is 0.300. The summed E-state index contributed by atoms with van der Waals surface area (Å²) in [7, 11) is 3.61. The first-order valence-electron chi connectivity index (χ1n) is 4.42. The highest BCUT2D eigenvalue weighted by molar-refractivity contribution is 6.32. The lowest BCUT2D eigenvalue weighted by atomic mass is 10.3. The zero-order valence-electron chi connectivity index (χ0n) is 8.62. The van der Waals surface area contributed by atoms with Crippen LogP contribution >= 0.6 is 11.6 Å². The molecule has 0 saturated carbocycles. The zero-order valence-corrected chi connectivity index (χ0v) is 9.38. The number of carbonyl (C=O) groups is 1. The van der Waals surface area contributed by atoms with Crippen LogP contribution < -0.4 is 5.32 Å². The summed E-state index contributed by atoms with van der Waals surface area (Å²) in [4.78, 5) is 13.1. The molecule has 82 valence electrons. The highest BCUT2D eigenvalue weighted by atomic mass is 35.5. The number of nitrogens with one attached hydrogen (secondary N) is 1. The van der Waals surface area contributed by atoms with Gasteiger partial charge in [0.15, 0.2) is 0 Å². The highest BCUT2D eigenvalue weighted by Crippen LogP contribution is 2.25. The lowest BCUT2D eigenvalue weighted by molar-refractivity contribution is -0.116. The number of likely N-dealkylation sites (N-methyl/N-ethyl adjacent to an activating group) is 1. The molecule has 0 aliphatic heterocycles. The Balaban J connectivity index is 2.65. The van der Waals surface area contributed by atoms with Gasteiger partial charge in [0.25, 0.3) is 0 Å². The van der Waals surface area contributed by atoms with E-state index in [-0.39, 0.29) is 16.7 Å². The minimum Gasteiger partial charge on any atom is -0.506 e. The molecule has 0 heterocycles. The van der Waals surface area contributed by atoms with Crippen molar-refractivity contribution < 1.29 is 9.90 Å². The van der Waals surface area contributed by atoms with Crippen LogP contribution in [0.1, 0.15) is 0 Å². The number of halogens is 1. The van der Waals surface area contributed by atoms with Crippen molar-refractivity contribution >= 4 is 23.2 Å². The summed E-state index contributed by atoms with van der Waals surface area (Å²) in [6, 6.07) is 4.58. The minimum absolute atomic E-state index is 0.0423. The van der Waals surface area contributed by atoms with Gasteiger partial charge in [-0.3, -0.25) is 4.79 Å². The van der Waals surface area contributed by atoms with Gasteiger partial charge in [0.05, 0.1) is 11.6 Å². The van der Waals surface area contributed by atoms with E-state index in [2.05, 4.69) is 5.32 Å². The number of hydrogen-bond acceptors (Lipinski definition) is 3. The summed E-state index contributed by atoms with van der Waals surface area (Å²) < 4.78 is 0. The van der Waals surface area contributed by atoms with Gasteiger partial charge in [-0.2, -0.15) is 0 Å². The molecule has 5 heteroatoms. The Labute approximate surface area is 93.5 Å². The number of aromatic hydroxyl groups is 1. The number of benzene rings is 1. The van der Waals surface area contributed by atoms with E-state index < -0.39 is 0 Å². The summed E-state index contributed by atoms with van der Waals surface area (Å²) in [6.07, 6.45) is 0. The van der Waals surface area contributed by atoms with Crippen molar-refractivity contribution in [2.75, 3.05) is 26.0 Å². The molecule has 1 amide bonds. The molecule has 1 aromatic rings. The topological polar surface area (TPSA) is 52.6 Å². The summed E-state index contributed by atoms with van der Waals surface area (Å²) in [5.41, 5.74) is 0.531. The van der Waals surface area contributed by atoms with Gasteiger partial charge in [0, 0.05) is 11.8 Å². The van der Waals surface area contributed by atoms with Crippen molar-refractivity contribution in [1.29, 1.82) is 0 Å². The third kappa shape index (κ3) is 3.77. The smallest absolute Gasteiger partial charge is 0.238 e. The Hall–Kier alpha value is -1.26. The SMILES string of the molecule is CN(C)CC(=O)Nc1ccc(Cl)c(O)c1. The van der Waals surface area contributed by atoms with Gasteiger partial charge in [-0.25, -0.2) is 0 Å². The Morgan fingerprint density at radius 1 is 1.53 bits per heavy atom. The number of phenolic OH excluding ortho intramolecular Hbond substituents is 1. The van der Waals surface area contributed by atoms with Crippen LogP contribution in [0.3, 0.4) is 0 Å². The van der Waals surface area contributed by atoms with Gasteiger partial charge in [-0.15, -0.1) is 0 Å². The van der Waals surface area contributed by atoms with E-state index in [1.807, 2.05) is 0 Å². The fourth-order valence-electron chi connectivity index (χ4n) is 1.08. The standard InChI is InChI=1S/C10H13ClN2O2/c1-13(2)6-10(15)12-7-3-4-8(11)9(14)5-7/h3-5,14H,6H2,1-2H3,(H,12,15). The number of anilines is 1. The molecule has 15 heavy (non-hydrogen) atoms. The van der Waals surface area contributed by atoms with Gasteiger partial charge in [0.2, 0.25) is 5.91 Å². The fourth-order valence-corrected chi connectivity index (χ4v) is 1.20. The van der Waals surface area contributed by atoms with E-state index in [1.54, 1.807) is 25.1 Å². The van der Waals surface area contributed by atoms with E-state index in [9.17, 15) is 9.90 Å². The molecule has 2 N–H and O–H groups in total. The predicted molar refractivity (Wildman–Crippen MR) is 60.3 cm³/mol. The maximum Gasteiger partial charge on any atom is 0.238 e. The molecule has 0 atom stereocenters. The average molecular weight is 229 g/mol. The lowest BCUT2D eigenvalue weighted by Gasteiger charge is -2.10. The van der Waals surface area contributed by atoms with Gasteiger partial charge in [0.1, 0.15) is 5.75 Å². The maximum atomic E-state index is 11.4. The van der Waals surface area contributed by atoms with Gasteiger partial charge >= 0.3 is 0 Å². The molecule has 0 aliphatic rings. The largest absolute Gasteiger partial charge is 0.506 e. The zero-order chi connectivity index (χ0) is 11.4. The quantitative estimate of drug-likeness (QED) is 0.825. The molecule has 4 nitrogen and oxygen atoms in total. The molecule has 0 aliphatic carbocycles. The number of hydrogen-bond donors (Lipinski definition) is 2. The molecule has 0 saturated heterocycles. The molecule has 1 aromatic carbocycles. The highest BCUT2D eigenvalue weighted by Gasteiger charge is 2.05. The average Bonchev–Trinajstić information content (AvgIpc) is 2.10. The molecule has 0 aromatic heterocycles. The van der Waals surface area contributed by atoms with Crippen LogP contribution in [-0.4, -0.2) is 36.6 Å². The van der Waals surface area contributed by atoms with E-state index in [4.69, 9.17) is 11.6 Å². The second-order valence-corrected chi connectivity index (χ2v) is 3.86. The van der Waals surface area contributed by atoms with Gasteiger partial charge < -0.3 is 15.3 Å². The van der Waals surface area contributed by atoms with E-state index in [0.29, 0.717) is 12.2 Å². The number of amides is 1. The van der Waals surface area contributed by atoms with Crippen molar-refractivity contribution in [1.82, 2.24) is 4.90 Å². The van der Waals surface area contributed by atoms with E-state index in [1.165, 1.54) is 12.1 Å². The normalized spacial score (nSPS) is 10.4. The Kier molecular flexibility index (Phi) is 3.94. The van der Waals surface area contributed by atoms with E-state index in [0.717, 1.165) is 0 Å². The number of rotatable bonds is 3. The summed E-state index contributed by atoms with van der Waals surface area (Å²) in [6.45, 7) is 0.295. The Morgan fingerprint density at radius 3 is 2.73 bits per heavy atom. The number of carbonyl (C=O) groups excluding carboxylic acids is 1. The minimum atomic E-state index is -0.137. The molecule has 0 radical (unpaired) electrons. The van der Waals surface area contributed by atoms with Crippen molar-refractivity contribution in [3.8, 4) is 5.75 Å². The molecular formula is C10H13ClN2O2. The first-order chi connectivity index (χ1) is 6.99. The molecular weight excluding hydrogens is 216 g/mol. The Bertz CT molecular complexity index is 366. The molecule has 0 fully saturated rings. The van der Waals surface area contributed by atoms with Crippen LogP contribution in [0.15, 0.2) is 18.2 Å². The number of nitrogens with zero attached hydrogens (tertiary/aromatic N) is 1. The number of phenols is 1. The third-order valence-electron chi connectivity index (χ3n) is 1.69. The summed E-state index contributed by atoms with van der Waals surface area (Å²) in [5.74, 6) is -0.180. The van der Waals surface area contributed by atoms with Crippen molar-refractivity contribution in [3.05, 3.63) is 23.2 Å². The first kappa shape index (κ1) is 11.8. The molecule has 0 bridgehead atoms. The molecule has 0 unspecified atom stereocenters. The van der Waals surface area contributed by atoms with Gasteiger partial charge in [-0.05, 0) is 26.2 Å². The van der Waals surface area contributed by atoms with Crippen LogP contribution in [-0.2, 0) is 4.79 Å². The van der Waals surface area contributed by atoms with Crippen molar-refractivity contribution in [2.45, 2.75) is 0 Å². The molecule has 0 spiro atoms. The molecule has 1 rings (SSSR count). The van der Waals surface area contributed by atoms with Crippen LogP contribution in [0, 0.1) is 0 Å². The van der Waals surface area contributed by atoms with Crippen LogP contribution in [0.25, 0.3) is 0 Å². The van der Waals surface area contributed by atoms with Crippen molar-refractivity contribution in [3.63, 3.8) is 0 Å². The first-order valence-corrected chi connectivity index (χ1v) is 4.80. The summed E-state index contributed by atoms with van der Waals surface area (Å²) >= 11 is 5.63. The van der Waals surface area contributed by atoms with Crippen molar-refractivity contribution in [2.24, 2.45) is 0 Å². The predicted octanol–water partition coefficient (Wildman–Crippen LogP) is 1.55. The Morgan fingerprint density at radius 2 is 2.20 bits per heavy atom. The third-order valence-corrected chi connectivity index (χ3v) is 2.01. The van der Waals surface area contributed by atoms with Gasteiger partial charge in [-0.1, -0.05) is 11.6 Å². The van der Waals surface area contributed by atoms with Crippen LogP contribution in [0.4, 0.5) is 5.69 Å². The summed E-state index contributed by atoms with van der Waals surface area (Å²) in [5, 5.41) is 12.2. The van der Waals surface area contributed by atoms with E-state index >= 15 is 0 Å². The van der Waals surface area contributed by atoms with Crippen LogP contribution in [0.5, 0.6) is 5.75 Å².